The Morgan fingerprint density at radius 1 is 1.12 bits per heavy atom. The molecule has 2 aliphatic heterocycles. The normalized spacial score (nSPS) is 18.0. The first kappa shape index (κ1) is 28.7. The molecule has 9 nitrogen and oxygen atoms in total. The lowest BCUT2D eigenvalue weighted by molar-refractivity contribution is -0.137. The molecule has 1 unspecified atom stereocenters. The fourth-order valence-corrected chi connectivity index (χ4v) is 8.86. The van der Waals surface area contributed by atoms with E-state index in [-0.39, 0.29) is 25.2 Å². The van der Waals surface area contributed by atoms with Crippen LogP contribution in [0.4, 0.5) is 0 Å². The molecule has 0 aliphatic carbocycles. The van der Waals surface area contributed by atoms with E-state index in [1.165, 1.54) is 5.56 Å². The number of pyridine rings is 1. The van der Waals surface area contributed by atoms with Crippen LogP contribution in [0.15, 0.2) is 41.6 Å². The van der Waals surface area contributed by atoms with Crippen LogP contribution in [0.2, 0.25) is 0 Å². The number of fused-ring (bicyclic) bond motifs is 1. The second kappa shape index (κ2) is 12.3. The number of amides is 1. The molecule has 1 saturated heterocycles. The highest BCUT2D eigenvalue weighted by Crippen LogP contribution is 2.32. The van der Waals surface area contributed by atoms with Gasteiger partial charge in [0.2, 0.25) is 15.9 Å². The van der Waals surface area contributed by atoms with E-state index < -0.39 is 10.0 Å². The number of benzene rings is 1. The Kier molecular flexibility index (Phi) is 8.84. The van der Waals surface area contributed by atoms with Crippen molar-refractivity contribution >= 4 is 27.3 Å². The van der Waals surface area contributed by atoms with Crippen LogP contribution in [0.25, 0.3) is 0 Å². The molecule has 1 fully saturated rings. The lowest BCUT2D eigenvalue weighted by Gasteiger charge is -2.35. The van der Waals surface area contributed by atoms with Crippen LogP contribution in [-0.4, -0.2) is 73.0 Å². The first-order valence-electron chi connectivity index (χ1n) is 13.6. The summed E-state index contributed by atoms with van der Waals surface area (Å²) in [6.45, 7) is 5.30. The van der Waals surface area contributed by atoms with E-state index in [9.17, 15) is 13.2 Å². The van der Waals surface area contributed by atoms with E-state index in [1.54, 1.807) is 61.1 Å². The minimum atomic E-state index is -3.73. The lowest BCUT2D eigenvalue weighted by atomic mass is 10.1. The molecule has 0 N–H and O–H groups in total. The van der Waals surface area contributed by atoms with Crippen LogP contribution >= 0.6 is 11.3 Å². The van der Waals surface area contributed by atoms with Crippen LogP contribution in [0.3, 0.4) is 0 Å². The quantitative estimate of drug-likeness (QED) is 0.376. The van der Waals surface area contributed by atoms with Crippen molar-refractivity contribution in [2.75, 3.05) is 33.4 Å². The summed E-state index contributed by atoms with van der Waals surface area (Å²) in [6.07, 6.45) is 7.49. The molecule has 214 valence electrons. The maximum atomic E-state index is 13.8. The van der Waals surface area contributed by atoms with Gasteiger partial charge in [0.1, 0.15) is 12.4 Å². The predicted molar refractivity (Wildman–Crippen MR) is 153 cm³/mol. The largest absolute Gasteiger partial charge is 0.497 e. The fraction of sp³-hybridized carbons (Fsp3) is 0.483. The Labute approximate surface area is 240 Å². The SMILES string of the molecule is COc1cc(C)c(S(=O)(=O)N2CCCCC2COCC(=O)N2CCc3nc(Cc4ccncc4)sc3C2)c(C)c1. The Hall–Kier alpha value is -2.86. The third kappa shape index (κ3) is 6.22. The van der Waals surface area contributed by atoms with Crippen LogP contribution in [-0.2, 0) is 38.9 Å². The smallest absolute Gasteiger partial charge is 0.248 e. The van der Waals surface area contributed by atoms with Crippen molar-refractivity contribution in [2.24, 2.45) is 0 Å². The van der Waals surface area contributed by atoms with Gasteiger partial charge in [0.15, 0.2) is 0 Å². The van der Waals surface area contributed by atoms with Gasteiger partial charge in [-0.15, -0.1) is 11.3 Å². The van der Waals surface area contributed by atoms with E-state index in [2.05, 4.69) is 4.98 Å². The molecule has 4 heterocycles. The monoisotopic (exact) mass is 584 g/mol. The summed E-state index contributed by atoms with van der Waals surface area (Å²) in [4.78, 5) is 25.2. The molecule has 0 spiro atoms. The number of piperidine rings is 1. The number of hydrogen-bond acceptors (Lipinski definition) is 8. The molecule has 0 bridgehead atoms. The number of thiazole rings is 1. The number of carbonyl (C=O) groups is 1. The van der Waals surface area contributed by atoms with Crippen molar-refractivity contribution in [1.82, 2.24) is 19.2 Å². The number of carbonyl (C=O) groups excluding carboxylic acids is 1. The number of methoxy groups -OCH3 is 1. The number of hydrogen-bond donors (Lipinski definition) is 0. The van der Waals surface area contributed by atoms with Crippen LogP contribution < -0.4 is 4.74 Å². The maximum absolute atomic E-state index is 13.8. The fourth-order valence-electron chi connectivity index (χ4n) is 5.60. The maximum Gasteiger partial charge on any atom is 0.248 e. The third-order valence-corrected chi connectivity index (χ3v) is 10.9. The zero-order valence-corrected chi connectivity index (χ0v) is 24.9. The molecule has 0 radical (unpaired) electrons. The summed E-state index contributed by atoms with van der Waals surface area (Å²) < 4.78 is 40.3. The van der Waals surface area contributed by atoms with Crippen LogP contribution in [0, 0.1) is 13.8 Å². The van der Waals surface area contributed by atoms with E-state index in [4.69, 9.17) is 14.5 Å². The van der Waals surface area contributed by atoms with Crippen LogP contribution in [0.1, 0.15) is 51.5 Å². The highest BCUT2D eigenvalue weighted by Gasteiger charge is 2.36. The Morgan fingerprint density at radius 3 is 2.60 bits per heavy atom. The molecule has 2 aliphatic rings. The first-order chi connectivity index (χ1) is 19.3. The summed E-state index contributed by atoms with van der Waals surface area (Å²) in [6, 6.07) is 7.18. The van der Waals surface area contributed by atoms with Crippen molar-refractivity contribution in [3.63, 3.8) is 0 Å². The third-order valence-electron chi connectivity index (χ3n) is 7.58. The molecule has 1 aromatic carbocycles. The van der Waals surface area contributed by atoms with E-state index in [0.29, 0.717) is 47.8 Å². The molecule has 2 aromatic heterocycles. The second-order valence-electron chi connectivity index (χ2n) is 10.4. The van der Waals surface area contributed by atoms with Gasteiger partial charge in [-0.25, -0.2) is 13.4 Å². The molecule has 3 aromatic rings. The van der Waals surface area contributed by atoms with Crippen molar-refractivity contribution in [1.29, 1.82) is 0 Å². The molecule has 1 atom stereocenters. The number of sulfonamides is 1. The average Bonchev–Trinajstić information content (AvgIpc) is 3.34. The van der Waals surface area contributed by atoms with Gasteiger partial charge >= 0.3 is 0 Å². The number of aryl methyl sites for hydroxylation is 2. The molecular weight excluding hydrogens is 548 g/mol. The van der Waals surface area contributed by atoms with Gasteiger partial charge in [-0.3, -0.25) is 9.78 Å². The minimum Gasteiger partial charge on any atom is -0.497 e. The molecule has 5 rings (SSSR count). The van der Waals surface area contributed by atoms with Gasteiger partial charge in [0.25, 0.3) is 0 Å². The van der Waals surface area contributed by atoms with Crippen LogP contribution in [0.5, 0.6) is 5.75 Å². The van der Waals surface area contributed by atoms with Crippen molar-refractivity contribution in [3.05, 3.63) is 68.9 Å². The average molecular weight is 585 g/mol. The summed E-state index contributed by atoms with van der Waals surface area (Å²) in [5, 5.41) is 1.04. The van der Waals surface area contributed by atoms with Crippen molar-refractivity contribution < 1.29 is 22.7 Å². The summed E-state index contributed by atoms with van der Waals surface area (Å²) in [7, 11) is -2.16. The predicted octanol–water partition coefficient (Wildman–Crippen LogP) is 3.90. The summed E-state index contributed by atoms with van der Waals surface area (Å²) in [5.41, 5.74) is 3.56. The minimum absolute atomic E-state index is 0.0665. The number of rotatable bonds is 9. The van der Waals surface area contributed by atoms with E-state index >= 15 is 0 Å². The highest BCUT2D eigenvalue weighted by atomic mass is 32.2. The Balaban J connectivity index is 1.19. The van der Waals surface area contributed by atoms with Gasteiger partial charge in [-0.1, -0.05) is 6.42 Å². The Bertz CT molecular complexity index is 1440. The van der Waals surface area contributed by atoms with Gasteiger partial charge in [0.05, 0.1) is 35.9 Å². The lowest BCUT2D eigenvalue weighted by Crippen LogP contribution is -2.47. The van der Waals surface area contributed by atoms with Gasteiger partial charge in [0, 0.05) is 49.2 Å². The standard InChI is InChI=1S/C29H36N4O5S2/c1-20-14-24(37-3)15-21(2)29(20)40(35,36)33-12-5-4-6-23(33)18-38-19-28(34)32-13-9-25-26(17-32)39-27(31-25)16-22-7-10-30-11-8-22/h7-8,10-11,14-15,23H,4-6,9,12-13,16-19H2,1-3H3. The van der Waals surface area contributed by atoms with Crippen molar-refractivity contribution in [2.45, 2.75) is 63.4 Å². The van der Waals surface area contributed by atoms with Crippen molar-refractivity contribution in [3.8, 4) is 5.75 Å². The molecule has 40 heavy (non-hydrogen) atoms. The first-order valence-corrected chi connectivity index (χ1v) is 15.9. The highest BCUT2D eigenvalue weighted by molar-refractivity contribution is 7.89. The Morgan fingerprint density at radius 2 is 1.88 bits per heavy atom. The number of ether oxygens (including phenoxy) is 2. The topological polar surface area (TPSA) is 102 Å². The van der Waals surface area contributed by atoms with E-state index in [0.717, 1.165) is 41.3 Å². The van der Waals surface area contributed by atoms with E-state index in [1.807, 2.05) is 17.0 Å². The number of aromatic nitrogens is 2. The number of nitrogens with zero attached hydrogens (tertiary/aromatic N) is 4. The molecular formula is C29H36N4O5S2. The zero-order valence-electron chi connectivity index (χ0n) is 23.3. The summed E-state index contributed by atoms with van der Waals surface area (Å²) >= 11 is 1.66. The molecule has 0 saturated carbocycles. The summed E-state index contributed by atoms with van der Waals surface area (Å²) in [5.74, 6) is 0.556. The zero-order chi connectivity index (χ0) is 28.3. The van der Waals surface area contributed by atoms with Gasteiger partial charge < -0.3 is 14.4 Å². The molecule has 11 heteroatoms. The van der Waals surface area contributed by atoms with Gasteiger partial charge in [-0.2, -0.15) is 4.31 Å². The molecule has 1 amide bonds. The van der Waals surface area contributed by atoms with Gasteiger partial charge in [-0.05, 0) is 67.6 Å². The second-order valence-corrected chi connectivity index (χ2v) is 13.4.